The summed E-state index contributed by atoms with van der Waals surface area (Å²) in [5.74, 6) is 1.71. The number of aromatic nitrogens is 5. The summed E-state index contributed by atoms with van der Waals surface area (Å²) in [6.45, 7) is 2.29. The lowest BCUT2D eigenvalue weighted by Gasteiger charge is -2.31. The highest BCUT2D eigenvalue weighted by Crippen LogP contribution is 2.34. The van der Waals surface area contributed by atoms with Crippen molar-refractivity contribution in [2.45, 2.75) is 19.1 Å². The molecule has 0 spiro atoms. The maximum atomic E-state index is 13.4. The van der Waals surface area contributed by atoms with Gasteiger partial charge in [-0.15, -0.1) is 0 Å². The zero-order valence-corrected chi connectivity index (χ0v) is 18.7. The lowest BCUT2D eigenvalue weighted by atomic mass is 10.1. The molecule has 0 saturated carbocycles. The first-order valence-electron chi connectivity index (χ1n) is 11.1. The number of H-pyrrole nitrogens is 1. The topological polar surface area (TPSA) is 159 Å². The number of nitrogens with one attached hydrogen (secondary N) is 2. The van der Waals surface area contributed by atoms with Crippen LogP contribution in [0.1, 0.15) is 6.92 Å². The fraction of sp³-hybridized carbons (Fsp3) is 0.167. The average Bonchev–Trinajstić information content (AvgIpc) is 3.26. The molecular formula is C24H22N8O3. The first kappa shape index (κ1) is 20.8. The van der Waals surface area contributed by atoms with E-state index in [4.69, 9.17) is 25.9 Å². The minimum atomic E-state index is -0.317. The zero-order valence-electron chi connectivity index (χ0n) is 18.7. The summed E-state index contributed by atoms with van der Waals surface area (Å²) in [5.41, 5.74) is 13.7. The van der Waals surface area contributed by atoms with Crippen LogP contribution in [-0.4, -0.2) is 43.5 Å². The van der Waals surface area contributed by atoms with Crippen molar-refractivity contribution in [2.24, 2.45) is 0 Å². The van der Waals surface area contributed by atoms with Gasteiger partial charge in [0.1, 0.15) is 12.0 Å². The van der Waals surface area contributed by atoms with Crippen molar-refractivity contribution in [3.63, 3.8) is 0 Å². The van der Waals surface area contributed by atoms with Crippen LogP contribution in [-0.2, 0) is 0 Å². The number of hydrogen-bond acceptors (Lipinski definition) is 9. The largest absolute Gasteiger partial charge is 0.486 e. The van der Waals surface area contributed by atoms with Gasteiger partial charge in [-0.3, -0.25) is 14.5 Å². The van der Waals surface area contributed by atoms with Crippen molar-refractivity contribution in [3.8, 4) is 17.2 Å². The quantitative estimate of drug-likeness (QED) is 0.289. The number of anilines is 3. The Hall–Kier alpha value is -4.80. The molecule has 0 fully saturated rings. The predicted octanol–water partition coefficient (Wildman–Crippen LogP) is 2.46. The van der Waals surface area contributed by atoms with E-state index in [0.717, 1.165) is 0 Å². The third kappa shape index (κ3) is 3.44. The molecule has 6 N–H and O–H groups in total. The molecule has 2 atom stereocenters. The van der Waals surface area contributed by atoms with Crippen LogP contribution in [0.15, 0.2) is 59.5 Å². The molecule has 0 aliphatic carbocycles. The van der Waals surface area contributed by atoms with Gasteiger partial charge in [-0.05, 0) is 31.2 Å². The summed E-state index contributed by atoms with van der Waals surface area (Å²) in [4.78, 5) is 22.6. The minimum absolute atomic E-state index is 0.129. The molecule has 1 unspecified atom stereocenters. The molecular weight excluding hydrogens is 448 g/mol. The van der Waals surface area contributed by atoms with E-state index < -0.39 is 0 Å². The van der Waals surface area contributed by atoms with Crippen LogP contribution >= 0.6 is 0 Å². The van der Waals surface area contributed by atoms with Gasteiger partial charge in [-0.2, -0.15) is 10.1 Å². The molecule has 6 rings (SSSR count). The number of nitrogen functional groups attached to an aromatic ring is 2. The van der Waals surface area contributed by atoms with Crippen LogP contribution in [0.3, 0.4) is 0 Å². The summed E-state index contributed by atoms with van der Waals surface area (Å²) < 4.78 is 13.5. The van der Waals surface area contributed by atoms with E-state index in [1.165, 1.54) is 4.57 Å². The highest BCUT2D eigenvalue weighted by molar-refractivity contribution is 6.05. The van der Waals surface area contributed by atoms with Gasteiger partial charge in [0.15, 0.2) is 29.1 Å². The Balaban J connectivity index is 1.40. The molecule has 1 aliphatic rings. The second-order valence-electron chi connectivity index (χ2n) is 8.37. The van der Waals surface area contributed by atoms with Gasteiger partial charge >= 0.3 is 0 Å². The highest BCUT2D eigenvalue weighted by Gasteiger charge is 2.27. The van der Waals surface area contributed by atoms with Crippen LogP contribution in [0, 0.1) is 0 Å². The van der Waals surface area contributed by atoms with Gasteiger partial charge in [0, 0.05) is 18.0 Å². The van der Waals surface area contributed by atoms with Crippen LogP contribution in [0.2, 0.25) is 0 Å². The van der Waals surface area contributed by atoms with Gasteiger partial charge < -0.3 is 26.3 Å². The monoisotopic (exact) mass is 470 g/mol. The van der Waals surface area contributed by atoms with Crippen LogP contribution in [0.25, 0.3) is 27.6 Å². The van der Waals surface area contributed by atoms with Crippen molar-refractivity contribution in [3.05, 3.63) is 65.1 Å². The van der Waals surface area contributed by atoms with Crippen LogP contribution < -0.4 is 31.8 Å². The summed E-state index contributed by atoms with van der Waals surface area (Å²) in [5, 5.41) is 11.1. The number of ether oxygens (including phenoxy) is 2. The van der Waals surface area contributed by atoms with Crippen LogP contribution in [0.5, 0.6) is 11.5 Å². The lowest BCUT2D eigenvalue weighted by Crippen LogP contribution is -2.42. The molecule has 11 nitrogen and oxygen atoms in total. The number of benzene rings is 2. The summed E-state index contributed by atoms with van der Waals surface area (Å²) >= 11 is 0. The first-order valence-corrected chi connectivity index (χ1v) is 11.1. The molecule has 11 heteroatoms. The fourth-order valence-electron chi connectivity index (χ4n) is 4.23. The van der Waals surface area contributed by atoms with E-state index in [-0.39, 0.29) is 23.5 Å². The Morgan fingerprint density at radius 1 is 1.17 bits per heavy atom. The van der Waals surface area contributed by atoms with Gasteiger partial charge in [-0.25, -0.2) is 4.98 Å². The zero-order chi connectivity index (χ0) is 24.1. The SMILES string of the molecule is CC(Nc1ncc2c3[nH]nc(N)c3c(=O)n(-c3ccccc3)c2n1)[C@H]1COc2cc(N)ccc2O1. The van der Waals surface area contributed by atoms with Crippen molar-refractivity contribution in [1.82, 2.24) is 24.7 Å². The van der Waals surface area contributed by atoms with Gasteiger partial charge in [-0.1, -0.05) is 18.2 Å². The number of pyridine rings is 1. The molecule has 5 aromatic rings. The van der Waals surface area contributed by atoms with E-state index in [0.29, 0.717) is 57.4 Å². The molecule has 0 saturated heterocycles. The van der Waals surface area contributed by atoms with Gasteiger partial charge in [0.25, 0.3) is 5.56 Å². The average molecular weight is 470 g/mol. The molecule has 35 heavy (non-hydrogen) atoms. The molecule has 176 valence electrons. The van der Waals surface area contributed by atoms with Gasteiger partial charge in [0.05, 0.1) is 22.6 Å². The first-order chi connectivity index (χ1) is 17.0. The second kappa shape index (κ2) is 7.90. The molecule has 2 aromatic carbocycles. The standard InChI is InChI=1S/C24H22N8O3/c1-12(18-11-34-17-9-13(25)7-8-16(17)35-18)28-24-27-10-15-20-19(21(26)31-30-20)23(33)32(22(15)29-24)14-5-3-2-4-6-14/h2-10,12,18H,11,25H2,1H3,(H3,26,30,31)(H,27,28,29)/t12?,18-/m1/s1. The van der Waals surface area contributed by atoms with Crippen molar-refractivity contribution in [2.75, 3.05) is 23.4 Å². The third-order valence-electron chi connectivity index (χ3n) is 6.04. The van der Waals surface area contributed by atoms with Crippen molar-refractivity contribution >= 4 is 39.4 Å². The van der Waals surface area contributed by atoms with E-state index in [1.807, 2.05) is 37.3 Å². The van der Waals surface area contributed by atoms with Crippen LogP contribution in [0.4, 0.5) is 17.5 Å². The Labute approximate surface area is 198 Å². The smallest absolute Gasteiger partial charge is 0.270 e. The Kier molecular flexibility index (Phi) is 4.69. The summed E-state index contributed by atoms with van der Waals surface area (Å²) in [6, 6.07) is 14.3. The summed E-state index contributed by atoms with van der Waals surface area (Å²) in [6.07, 6.45) is 1.35. The molecule has 0 radical (unpaired) electrons. The van der Waals surface area contributed by atoms with E-state index >= 15 is 0 Å². The molecule has 0 bridgehead atoms. The number of nitrogens with two attached hydrogens (primary N) is 2. The lowest BCUT2D eigenvalue weighted by molar-refractivity contribution is 0.0808. The molecule has 1 aliphatic heterocycles. The van der Waals surface area contributed by atoms with E-state index in [9.17, 15) is 4.79 Å². The maximum Gasteiger partial charge on any atom is 0.270 e. The molecule has 4 heterocycles. The third-order valence-corrected chi connectivity index (χ3v) is 6.04. The second-order valence-corrected chi connectivity index (χ2v) is 8.37. The maximum absolute atomic E-state index is 13.4. The highest BCUT2D eigenvalue weighted by atomic mass is 16.6. The normalized spacial score (nSPS) is 15.9. The van der Waals surface area contributed by atoms with E-state index in [1.54, 1.807) is 24.4 Å². The predicted molar refractivity (Wildman–Crippen MR) is 133 cm³/mol. The number of rotatable bonds is 4. The Morgan fingerprint density at radius 3 is 2.83 bits per heavy atom. The minimum Gasteiger partial charge on any atom is -0.486 e. The van der Waals surface area contributed by atoms with Gasteiger partial charge in [0.2, 0.25) is 5.95 Å². The van der Waals surface area contributed by atoms with Crippen molar-refractivity contribution < 1.29 is 9.47 Å². The fourth-order valence-corrected chi connectivity index (χ4v) is 4.23. The summed E-state index contributed by atoms with van der Waals surface area (Å²) in [7, 11) is 0. The number of fused-ring (bicyclic) bond motifs is 4. The number of nitrogens with zero attached hydrogens (tertiary/aromatic N) is 4. The van der Waals surface area contributed by atoms with E-state index in [2.05, 4.69) is 20.5 Å². The number of hydrogen-bond donors (Lipinski definition) is 4. The molecule has 3 aromatic heterocycles. The number of para-hydroxylation sites is 1. The van der Waals surface area contributed by atoms with Crippen molar-refractivity contribution in [1.29, 1.82) is 0 Å². The Bertz CT molecular complexity index is 1630. The molecule has 0 amide bonds. The Morgan fingerprint density at radius 2 is 2.00 bits per heavy atom. The number of aromatic amines is 1.